The number of benzene rings is 1. The van der Waals surface area contributed by atoms with Crippen LogP contribution in [0.3, 0.4) is 0 Å². The highest BCUT2D eigenvalue weighted by Crippen LogP contribution is 2.37. The quantitative estimate of drug-likeness (QED) is 0.696. The molecule has 3 heterocycles. The van der Waals surface area contributed by atoms with E-state index < -0.39 is 5.67 Å². The molecule has 3 aromatic rings. The maximum Gasteiger partial charge on any atom is 0.323 e. The van der Waals surface area contributed by atoms with E-state index in [1.165, 1.54) is 23.5 Å². The minimum absolute atomic E-state index is 0.198. The Morgan fingerprint density at radius 3 is 2.81 bits per heavy atom. The number of aromatic nitrogens is 2. The van der Waals surface area contributed by atoms with Crippen LogP contribution in [0.15, 0.2) is 36.5 Å². The first-order chi connectivity index (χ1) is 12.9. The molecule has 1 aliphatic rings. The zero-order valence-electron chi connectivity index (χ0n) is 14.7. The predicted molar refractivity (Wildman–Crippen MR) is 101 cm³/mol. The molecule has 5 nitrogen and oxygen atoms in total. The van der Waals surface area contributed by atoms with Gasteiger partial charge in [0.2, 0.25) is 0 Å². The minimum Gasteiger partial charge on any atom is -0.324 e. The number of nitrogens with one attached hydrogen (secondary N) is 1. The highest BCUT2D eigenvalue weighted by Gasteiger charge is 2.39. The lowest BCUT2D eigenvalue weighted by Crippen LogP contribution is -2.45. The third-order valence-corrected chi connectivity index (χ3v) is 5.77. The average molecular weight is 388 g/mol. The fraction of sp³-hybridized carbons (Fsp3) is 0.316. The van der Waals surface area contributed by atoms with Crippen molar-refractivity contribution in [2.24, 2.45) is 0 Å². The third-order valence-electron chi connectivity index (χ3n) is 4.84. The van der Waals surface area contributed by atoms with E-state index in [1.54, 1.807) is 23.2 Å². The first kappa shape index (κ1) is 17.8. The summed E-state index contributed by atoms with van der Waals surface area (Å²) < 4.78 is 29.3. The SMILES string of the molecule is Cc1cccnc1C1(F)CCN(C(=O)Nc2nc3ccc(F)cc3s2)CC1. The summed E-state index contributed by atoms with van der Waals surface area (Å²) in [6.07, 6.45) is 1.99. The second-order valence-corrected chi connectivity index (χ2v) is 7.71. The Bertz CT molecular complexity index is 998. The zero-order valence-corrected chi connectivity index (χ0v) is 15.5. The molecular weight excluding hydrogens is 370 g/mol. The molecule has 27 heavy (non-hydrogen) atoms. The van der Waals surface area contributed by atoms with E-state index >= 15 is 4.39 Å². The number of amides is 2. The number of hydrogen-bond acceptors (Lipinski definition) is 4. The minimum atomic E-state index is -1.52. The molecule has 0 unspecified atom stereocenters. The molecule has 1 aromatic carbocycles. The van der Waals surface area contributed by atoms with E-state index in [0.29, 0.717) is 21.0 Å². The number of alkyl halides is 1. The van der Waals surface area contributed by atoms with Crippen LogP contribution in [0.1, 0.15) is 24.1 Å². The number of nitrogens with zero attached hydrogens (tertiary/aromatic N) is 3. The molecule has 0 aliphatic carbocycles. The standard InChI is InChI=1S/C19H18F2N4OS/c1-12-3-2-8-22-16(12)19(21)6-9-25(10-7-19)18(26)24-17-23-14-5-4-13(20)11-15(14)27-17/h2-5,8,11H,6-7,9-10H2,1H3,(H,23,24,26). The van der Waals surface area contributed by atoms with E-state index in [0.717, 1.165) is 5.56 Å². The number of fused-ring (bicyclic) bond motifs is 1. The highest BCUT2D eigenvalue weighted by molar-refractivity contribution is 7.22. The fourth-order valence-electron chi connectivity index (χ4n) is 3.38. The van der Waals surface area contributed by atoms with Gasteiger partial charge in [-0.2, -0.15) is 0 Å². The molecule has 0 atom stereocenters. The Balaban J connectivity index is 1.43. The van der Waals surface area contributed by atoms with Crippen molar-refractivity contribution < 1.29 is 13.6 Å². The number of aryl methyl sites for hydroxylation is 1. The van der Waals surface area contributed by atoms with Crippen LogP contribution in [0.25, 0.3) is 10.2 Å². The van der Waals surface area contributed by atoms with E-state index in [2.05, 4.69) is 15.3 Å². The van der Waals surface area contributed by atoms with Gasteiger partial charge in [-0.25, -0.2) is 18.6 Å². The first-order valence-corrected chi connectivity index (χ1v) is 9.49. The van der Waals surface area contributed by atoms with Gasteiger partial charge in [0, 0.05) is 32.1 Å². The number of halogens is 2. The van der Waals surface area contributed by atoms with Crippen molar-refractivity contribution in [3.8, 4) is 0 Å². The Hall–Kier alpha value is -2.61. The molecular formula is C19H18F2N4OS. The van der Waals surface area contributed by atoms with Crippen molar-refractivity contribution in [3.05, 3.63) is 53.6 Å². The van der Waals surface area contributed by atoms with Gasteiger partial charge in [0.15, 0.2) is 10.8 Å². The molecule has 4 rings (SSSR count). The van der Waals surface area contributed by atoms with Crippen LogP contribution in [-0.2, 0) is 5.67 Å². The Morgan fingerprint density at radius 2 is 2.07 bits per heavy atom. The van der Waals surface area contributed by atoms with Gasteiger partial charge in [0.25, 0.3) is 0 Å². The van der Waals surface area contributed by atoms with E-state index in [-0.39, 0.29) is 37.8 Å². The van der Waals surface area contributed by atoms with Crippen LogP contribution in [0.5, 0.6) is 0 Å². The fourth-order valence-corrected chi connectivity index (χ4v) is 4.26. The van der Waals surface area contributed by atoms with Crippen molar-refractivity contribution in [2.75, 3.05) is 18.4 Å². The number of carbonyl (C=O) groups is 1. The molecule has 1 fully saturated rings. The number of rotatable bonds is 2. The number of carbonyl (C=O) groups excluding carboxylic acids is 1. The lowest BCUT2D eigenvalue weighted by Gasteiger charge is -2.36. The molecule has 1 N–H and O–H groups in total. The number of piperidine rings is 1. The average Bonchev–Trinajstić information content (AvgIpc) is 3.03. The van der Waals surface area contributed by atoms with Gasteiger partial charge in [0.1, 0.15) is 5.82 Å². The Kier molecular flexibility index (Phi) is 4.51. The summed E-state index contributed by atoms with van der Waals surface area (Å²) in [7, 11) is 0. The summed E-state index contributed by atoms with van der Waals surface area (Å²) in [5, 5.41) is 3.13. The van der Waals surface area contributed by atoms with Crippen LogP contribution >= 0.6 is 11.3 Å². The van der Waals surface area contributed by atoms with Crippen LogP contribution in [0, 0.1) is 12.7 Å². The summed E-state index contributed by atoms with van der Waals surface area (Å²) in [4.78, 5) is 22.6. The van der Waals surface area contributed by atoms with Crippen molar-refractivity contribution in [2.45, 2.75) is 25.4 Å². The summed E-state index contributed by atoms with van der Waals surface area (Å²) in [6, 6.07) is 7.60. The second kappa shape index (κ2) is 6.84. The number of pyridine rings is 1. The van der Waals surface area contributed by atoms with E-state index in [4.69, 9.17) is 0 Å². The predicted octanol–water partition coefficient (Wildman–Crippen LogP) is 4.63. The molecule has 0 radical (unpaired) electrons. The van der Waals surface area contributed by atoms with Gasteiger partial charge in [-0.1, -0.05) is 17.4 Å². The van der Waals surface area contributed by atoms with E-state index in [1.807, 2.05) is 13.0 Å². The molecule has 0 saturated carbocycles. The second-order valence-electron chi connectivity index (χ2n) is 6.68. The third kappa shape index (κ3) is 3.49. The number of likely N-dealkylation sites (tertiary alicyclic amines) is 1. The smallest absolute Gasteiger partial charge is 0.323 e. The van der Waals surface area contributed by atoms with Crippen LogP contribution in [0.2, 0.25) is 0 Å². The van der Waals surface area contributed by atoms with Gasteiger partial charge in [-0.3, -0.25) is 10.3 Å². The van der Waals surface area contributed by atoms with Gasteiger partial charge in [-0.05, 0) is 36.8 Å². The topological polar surface area (TPSA) is 58.1 Å². The van der Waals surface area contributed by atoms with Gasteiger partial charge >= 0.3 is 6.03 Å². The number of thiazole rings is 1. The molecule has 1 saturated heterocycles. The van der Waals surface area contributed by atoms with Gasteiger partial charge in [-0.15, -0.1) is 0 Å². The Labute approximate surface area is 159 Å². The van der Waals surface area contributed by atoms with Crippen molar-refractivity contribution >= 4 is 32.7 Å². The van der Waals surface area contributed by atoms with Crippen molar-refractivity contribution in [1.29, 1.82) is 0 Å². The van der Waals surface area contributed by atoms with Crippen molar-refractivity contribution in [3.63, 3.8) is 0 Å². The molecule has 0 spiro atoms. The summed E-state index contributed by atoms with van der Waals surface area (Å²) >= 11 is 1.21. The normalized spacial score (nSPS) is 16.5. The van der Waals surface area contributed by atoms with Gasteiger partial charge < -0.3 is 4.90 Å². The van der Waals surface area contributed by atoms with Crippen molar-refractivity contribution in [1.82, 2.24) is 14.9 Å². The largest absolute Gasteiger partial charge is 0.324 e. The first-order valence-electron chi connectivity index (χ1n) is 8.68. The zero-order chi connectivity index (χ0) is 19.0. The monoisotopic (exact) mass is 388 g/mol. The van der Waals surface area contributed by atoms with E-state index in [9.17, 15) is 9.18 Å². The molecule has 1 aliphatic heterocycles. The summed E-state index contributed by atoms with van der Waals surface area (Å²) in [6.45, 7) is 2.43. The lowest BCUT2D eigenvalue weighted by molar-refractivity contribution is 0.0677. The molecule has 2 aromatic heterocycles. The molecule has 140 valence electrons. The van der Waals surface area contributed by atoms with Crippen LogP contribution < -0.4 is 5.32 Å². The summed E-state index contributed by atoms with van der Waals surface area (Å²) in [5.74, 6) is -0.343. The lowest BCUT2D eigenvalue weighted by atomic mass is 9.87. The van der Waals surface area contributed by atoms with Gasteiger partial charge in [0.05, 0.1) is 15.9 Å². The van der Waals surface area contributed by atoms with Crippen LogP contribution in [-0.4, -0.2) is 34.0 Å². The number of anilines is 1. The number of urea groups is 1. The summed E-state index contributed by atoms with van der Waals surface area (Å²) in [5.41, 5.74) is 0.386. The highest BCUT2D eigenvalue weighted by atomic mass is 32.1. The van der Waals surface area contributed by atoms with Crippen LogP contribution in [0.4, 0.5) is 18.7 Å². The molecule has 8 heteroatoms. The molecule has 2 amide bonds. The molecule has 0 bridgehead atoms. The maximum atomic E-state index is 15.3. The Morgan fingerprint density at radius 1 is 1.30 bits per heavy atom. The number of hydrogen-bond donors (Lipinski definition) is 1. The maximum absolute atomic E-state index is 15.3.